The van der Waals surface area contributed by atoms with E-state index in [9.17, 15) is 4.79 Å². The van der Waals surface area contributed by atoms with Crippen molar-refractivity contribution in [1.82, 2.24) is 4.90 Å². The number of hydrogen-bond acceptors (Lipinski definition) is 5. The van der Waals surface area contributed by atoms with Crippen LogP contribution in [0.3, 0.4) is 0 Å². The number of fused-ring (bicyclic) bond motifs is 1. The Morgan fingerprint density at radius 2 is 1.65 bits per heavy atom. The normalized spacial score (nSPS) is 16.3. The van der Waals surface area contributed by atoms with Crippen LogP contribution in [0.15, 0.2) is 48.5 Å². The molecule has 1 amide bonds. The van der Waals surface area contributed by atoms with Gasteiger partial charge in [-0.05, 0) is 24.3 Å². The standard InChI is InChI=1S/C20H23N3O3/c24-20(15-21-16-6-7-18-19(14-16)26-13-12-25-18)23-10-8-22(9-11-23)17-4-2-1-3-5-17/h1-7,14,21H,8-13,15H2. The quantitative estimate of drug-likeness (QED) is 0.913. The summed E-state index contributed by atoms with van der Waals surface area (Å²) in [5, 5.41) is 3.19. The van der Waals surface area contributed by atoms with Gasteiger partial charge in [-0.15, -0.1) is 0 Å². The highest BCUT2D eigenvalue weighted by atomic mass is 16.6. The van der Waals surface area contributed by atoms with Crippen molar-refractivity contribution in [2.24, 2.45) is 0 Å². The van der Waals surface area contributed by atoms with Crippen LogP contribution < -0.4 is 19.7 Å². The third kappa shape index (κ3) is 3.69. The minimum absolute atomic E-state index is 0.118. The summed E-state index contributed by atoms with van der Waals surface area (Å²) in [6, 6.07) is 16.0. The Bertz CT molecular complexity index is 758. The Morgan fingerprint density at radius 3 is 2.42 bits per heavy atom. The molecule has 6 nitrogen and oxygen atoms in total. The number of para-hydroxylation sites is 1. The molecule has 0 saturated carbocycles. The number of ether oxygens (including phenoxy) is 2. The maximum absolute atomic E-state index is 12.5. The molecule has 0 aromatic heterocycles. The summed E-state index contributed by atoms with van der Waals surface area (Å²) in [6.45, 7) is 4.63. The SMILES string of the molecule is O=C(CNc1ccc2c(c1)OCCO2)N1CCN(c2ccccc2)CC1. The molecule has 0 atom stereocenters. The number of amides is 1. The second kappa shape index (κ2) is 7.56. The van der Waals surface area contributed by atoms with E-state index in [0.717, 1.165) is 43.4 Å². The van der Waals surface area contributed by atoms with E-state index in [1.165, 1.54) is 5.69 Å². The van der Waals surface area contributed by atoms with Crippen molar-refractivity contribution in [2.75, 3.05) is 56.2 Å². The summed E-state index contributed by atoms with van der Waals surface area (Å²) in [4.78, 5) is 16.7. The Morgan fingerprint density at radius 1 is 0.923 bits per heavy atom. The molecule has 0 bridgehead atoms. The topological polar surface area (TPSA) is 54.0 Å². The van der Waals surface area contributed by atoms with Gasteiger partial charge in [0.25, 0.3) is 0 Å². The van der Waals surface area contributed by atoms with Gasteiger partial charge in [-0.25, -0.2) is 0 Å². The molecule has 136 valence electrons. The molecule has 4 rings (SSSR count). The van der Waals surface area contributed by atoms with Gasteiger partial charge in [-0.3, -0.25) is 4.79 Å². The summed E-state index contributed by atoms with van der Waals surface area (Å²) in [5.41, 5.74) is 2.08. The monoisotopic (exact) mass is 353 g/mol. The van der Waals surface area contributed by atoms with Gasteiger partial charge in [-0.2, -0.15) is 0 Å². The van der Waals surface area contributed by atoms with Gasteiger partial charge in [0.1, 0.15) is 13.2 Å². The van der Waals surface area contributed by atoms with E-state index in [2.05, 4.69) is 22.3 Å². The highest BCUT2D eigenvalue weighted by Gasteiger charge is 2.21. The van der Waals surface area contributed by atoms with Crippen molar-refractivity contribution in [3.05, 3.63) is 48.5 Å². The van der Waals surface area contributed by atoms with E-state index < -0.39 is 0 Å². The first-order chi connectivity index (χ1) is 12.8. The first-order valence-corrected chi connectivity index (χ1v) is 9.01. The van der Waals surface area contributed by atoms with E-state index in [1.54, 1.807) is 0 Å². The molecule has 2 heterocycles. The van der Waals surface area contributed by atoms with Crippen LogP contribution in [0.5, 0.6) is 11.5 Å². The number of carbonyl (C=O) groups is 1. The number of piperazine rings is 1. The lowest BCUT2D eigenvalue weighted by Crippen LogP contribution is -2.50. The fourth-order valence-electron chi connectivity index (χ4n) is 3.30. The van der Waals surface area contributed by atoms with Crippen molar-refractivity contribution < 1.29 is 14.3 Å². The summed E-state index contributed by atoms with van der Waals surface area (Å²) in [6.07, 6.45) is 0. The first kappa shape index (κ1) is 16.6. The van der Waals surface area contributed by atoms with Crippen molar-refractivity contribution in [3.63, 3.8) is 0 Å². The lowest BCUT2D eigenvalue weighted by molar-refractivity contribution is -0.129. The smallest absolute Gasteiger partial charge is 0.241 e. The fraction of sp³-hybridized carbons (Fsp3) is 0.350. The van der Waals surface area contributed by atoms with Crippen molar-refractivity contribution in [2.45, 2.75) is 0 Å². The number of benzene rings is 2. The maximum atomic E-state index is 12.5. The predicted octanol–water partition coefficient (Wildman–Crippen LogP) is 2.22. The van der Waals surface area contributed by atoms with Crippen molar-refractivity contribution in [1.29, 1.82) is 0 Å². The molecule has 0 unspecified atom stereocenters. The van der Waals surface area contributed by atoms with Crippen LogP contribution in [0.2, 0.25) is 0 Å². The average Bonchev–Trinajstić information content (AvgIpc) is 2.72. The number of anilines is 2. The molecule has 1 fully saturated rings. The Balaban J connectivity index is 1.28. The molecule has 1 N–H and O–H groups in total. The molecule has 2 aromatic carbocycles. The third-order valence-corrected chi connectivity index (χ3v) is 4.74. The van der Waals surface area contributed by atoms with Crippen LogP contribution in [-0.2, 0) is 4.79 Å². The van der Waals surface area contributed by atoms with Crippen LogP contribution in [0.25, 0.3) is 0 Å². The molecule has 26 heavy (non-hydrogen) atoms. The van der Waals surface area contributed by atoms with Gasteiger partial charge < -0.3 is 24.6 Å². The fourth-order valence-corrected chi connectivity index (χ4v) is 3.30. The number of hydrogen-bond donors (Lipinski definition) is 1. The van der Waals surface area contributed by atoms with E-state index in [4.69, 9.17) is 9.47 Å². The van der Waals surface area contributed by atoms with Gasteiger partial charge in [0.2, 0.25) is 5.91 Å². The third-order valence-electron chi connectivity index (χ3n) is 4.74. The first-order valence-electron chi connectivity index (χ1n) is 9.01. The number of carbonyl (C=O) groups excluding carboxylic acids is 1. The average molecular weight is 353 g/mol. The zero-order chi connectivity index (χ0) is 17.8. The molecule has 2 aliphatic heterocycles. The number of nitrogens with one attached hydrogen (secondary N) is 1. The summed E-state index contributed by atoms with van der Waals surface area (Å²) < 4.78 is 11.1. The molecule has 0 aliphatic carbocycles. The van der Waals surface area contributed by atoms with Crippen LogP contribution in [0.4, 0.5) is 11.4 Å². The minimum Gasteiger partial charge on any atom is -0.486 e. The molecule has 0 spiro atoms. The maximum Gasteiger partial charge on any atom is 0.241 e. The Kier molecular flexibility index (Phi) is 4.82. The molecule has 6 heteroatoms. The summed E-state index contributed by atoms with van der Waals surface area (Å²) in [5.74, 6) is 1.60. The number of nitrogens with zero attached hydrogens (tertiary/aromatic N) is 2. The number of rotatable bonds is 4. The predicted molar refractivity (Wildman–Crippen MR) is 101 cm³/mol. The van der Waals surface area contributed by atoms with E-state index in [0.29, 0.717) is 13.2 Å². The van der Waals surface area contributed by atoms with Crippen LogP contribution in [-0.4, -0.2) is 56.7 Å². The summed E-state index contributed by atoms with van der Waals surface area (Å²) in [7, 11) is 0. The lowest BCUT2D eigenvalue weighted by Gasteiger charge is -2.36. The highest BCUT2D eigenvalue weighted by molar-refractivity contribution is 5.81. The van der Waals surface area contributed by atoms with E-state index >= 15 is 0 Å². The molecule has 2 aliphatic rings. The van der Waals surface area contributed by atoms with Crippen LogP contribution in [0, 0.1) is 0 Å². The molecular weight excluding hydrogens is 330 g/mol. The van der Waals surface area contributed by atoms with Crippen LogP contribution in [0.1, 0.15) is 0 Å². The minimum atomic E-state index is 0.118. The van der Waals surface area contributed by atoms with Gasteiger partial charge in [-0.1, -0.05) is 18.2 Å². The lowest BCUT2D eigenvalue weighted by atomic mass is 10.2. The highest BCUT2D eigenvalue weighted by Crippen LogP contribution is 2.32. The van der Waals surface area contributed by atoms with E-state index in [-0.39, 0.29) is 12.5 Å². The van der Waals surface area contributed by atoms with Gasteiger partial charge in [0.15, 0.2) is 11.5 Å². The Labute approximate surface area is 153 Å². The second-order valence-corrected chi connectivity index (χ2v) is 6.42. The van der Waals surface area contributed by atoms with Gasteiger partial charge in [0.05, 0.1) is 6.54 Å². The molecule has 1 saturated heterocycles. The Hall–Kier alpha value is -2.89. The molecule has 0 radical (unpaired) electrons. The molecular formula is C20H23N3O3. The van der Waals surface area contributed by atoms with Crippen molar-refractivity contribution in [3.8, 4) is 11.5 Å². The zero-order valence-corrected chi connectivity index (χ0v) is 14.7. The second-order valence-electron chi connectivity index (χ2n) is 6.42. The largest absolute Gasteiger partial charge is 0.486 e. The van der Waals surface area contributed by atoms with E-state index in [1.807, 2.05) is 41.3 Å². The van der Waals surface area contributed by atoms with Crippen molar-refractivity contribution >= 4 is 17.3 Å². The summed E-state index contributed by atoms with van der Waals surface area (Å²) >= 11 is 0. The van der Waals surface area contributed by atoms with Gasteiger partial charge >= 0.3 is 0 Å². The molecule has 2 aromatic rings. The van der Waals surface area contributed by atoms with Crippen LogP contribution >= 0.6 is 0 Å². The van der Waals surface area contributed by atoms with Gasteiger partial charge in [0, 0.05) is 43.6 Å². The zero-order valence-electron chi connectivity index (χ0n) is 14.7.